The molecule has 0 spiro atoms. The fraction of sp³-hybridized carbons (Fsp3) is 0.286. The van der Waals surface area contributed by atoms with Crippen molar-refractivity contribution < 1.29 is 17.3 Å². The van der Waals surface area contributed by atoms with Crippen LogP contribution in [0.15, 0.2) is 40.6 Å². The lowest BCUT2D eigenvalue weighted by Gasteiger charge is -2.06. The van der Waals surface area contributed by atoms with Gasteiger partial charge < -0.3 is 8.92 Å². The van der Waals surface area contributed by atoms with Gasteiger partial charge in [-0.2, -0.15) is 8.42 Å². The van der Waals surface area contributed by atoms with E-state index in [0.717, 1.165) is 16.9 Å². The lowest BCUT2D eigenvalue weighted by molar-refractivity contribution is 0.202. The molecule has 20 heavy (non-hydrogen) atoms. The third kappa shape index (κ3) is 3.82. The Morgan fingerprint density at radius 3 is 2.35 bits per heavy atom. The van der Waals surface area contributed by atoms with E-state index in [1.54, 1.807) is 31.4 Å². The molecular weight excluding hydrogens is 296 g/mol. The summed E-state index contributed by atoms with van der Waals surface area (Å²) in [5.41, 5.74) is 1.07. The number of ether oxygens (including phenoxy) is 1. The van der Waals surface area contributed by atoms with E-state index in [-0.39, 0.29) is 4.21 Å². The highest BCUT2D eigenvalue weighted by atomic mass is 32.3. The maximum atomic E-state index is 12.0. The molecule has 108 valence electrons. The van der Waals surface area contributed by atoms with Crippen molar-refractivity contribution in [2.75, 3.05) is 13.7 Å². The first-order valence-electron chi connectivity index (χ1n) is 6.10. The van der Waals surface area contributed by atoms with E-state index in [0.29, 0.717) is 12.4 Å². The van der Waals surface area contributed by atoms with Gasteiger partial charge in [-0.25, -0.2) is 0 Å². The van der Waals surface area contributed by atoms with Crippen molar-refractivity contribution in [2.45, 2.75) is 17.6 Å². The Bertz CT molecular complexity index is 657. The normalized spacial score (nSPS) is 11.5. The van der Waals surface area contributed by atoms with Crippen LogP contribution < -0.4 is 4.18 Å². The monoisotopic (exact) mass is 312 g/mol. The number of rotatable bonds is 6. The number of aryl methyl sites for hydroxylation is 1. The van der Waals surface area contributed by atoms with E-state index in [4.69, 9.17) is 8.92 Å². The average molecular weight is 312 g/mol. The van der Waals surface area contributed by atoms with Crippen molar-refractivity contribution in [1.29, 1.82) is 0 Å². The number of hydrogen-bond acceptors (Lipinski definition) is 5. The van der Waals surface area contributed by atoms with Gasteiger partial charge in [0.1, 0.15) is 5.75 Å². The molecule has 1 aromatic carbocycles. The Hall–Kier alpha value is -1.37. The molecule has 0 aliphatic heterocycles. The molecule has 2 aromatic rings. The van der Waals surface area contributed by atoms with Gasteiger partial charge in [-0.15, -0.1) is 11.3 Å². The molecule has 1 aromatic heterocycles. The van der Waals surface area contributed by atoms with Gasteiger partial charge in [-0.1, -0.05) is 12.1 Å². The molecule has 6 heteroatoms. The van der Waals surface area contributed by atoms with Crippen LogP contribution in [0.5, 0.6) is 5.75 Å². The molecule has 0 N–H and O–H groups in total. The van der Waals surface area contributed by atoms with Crippen LogP contribution in [0.25, 0.3) is 0 Å². The minimum atomic E-state index is -3.73. The smallest absolute Gasteiger partial charge is 0.348 e. The van der Waals surface area contributed by atoms with E-state index >= 15 is 0 Å². The van der Waals surface area contributed by atoms with Crippen LogP contribution in [0.4, 0.5) is 0 Å². The second kappa shape index (κ2) is 6.39. The first-order valence-corrected chi connectivity index (χ1v) is 8.32. The van der Waals surface area contributed by atoms with Gasteiger partial charge in [-0.05, 0) is 43.2 Å². The van der Waals surface area contributed by atoms with Crippen LogP contribution >= 0.6 is 11.3 Å². The molecule has 0 fully saturated rings. The Balaban J connectivity index is 2.09. The van der Waals surface area contributed by atoms with Crippen LogP contribution in [0.1, 0.15) is 10.4 Å². The summed E-state index contributed by atoms with van der Waals surface area (Å²) in [7, 11) is -2.08. The van der Waals surface area contributed by atoms with Crippen LogP contribution in [-0.4, -0.2) is 22.1 Å². The molecule has 0 saturated carbocycles. The Labute approximate surface area is 123 Å². The van der Waals surface area contributed by atoms with Crippen molar-refractivity contribution in [3.8, 4) is 5.75 Å². The summed E-state index contributed by atoms with van der Waals surface area (Å²) in [6.45, 7) is 2.49. The largest absolute Gasteiger partial charge is 0.384 e. The number of benzene rings is 1. The van der Waals surface area contributed by atoms with Gasteiger partial charge in [0.15, 0.2) is 4.21 Å². The summed E-state index contributed by atoms with van der Waals surface area (Å²) < 4.78 is 34.4. The van der Waals surface area contributed by atoms with Gasteiger partial charge >= 0.3 is 10.1 Å². The molecule has 0 unspecified atom stereocenters. The predicted octanol–water partition coefficient (Wildman–Crippen LogP) is 3.01. The van der Waals surface area contributed by atoms with Gasteiger partial charge in [0.05, 0.1) is 6.61 Å². The molecule has 0 radical (unpaired) electrons. The zero-order valence-corrected chi connectivity index (χ0v) is 13.0. The average Bonchev–Trinajstić information content (AvgIpc) is 2.85. The molecule has 0 bridgehead atoms. The van der Waals surface area contributed by atoms with Crippen molar-refractivity contribution in [1.82, 2.24) is 0 Å². The third-order valence-corrected chi connectivity index (χ3v) is 5.38. The SMILES string of the molecule is COCCc1ccc(OS(=O)(=O)c2ccc(C)s2)cc1. The highest BCUT2D eigenvalue weighted by Crippen LogP contribution is 2.24. The molecule has 0 amide bonds. The lowest BCUT2D eigenvalue weighted by Crippen LogP contribution is -2.08. The topological polar surface area (TPSA) is 52.6 Å². The number of thiophene rings is 1. The summed E-state index contributed by atoms with van der Waals surface area (Å²) in [4.78, 5) is 0.932. The van der Waals surface area contributed by atoms with E-state index in [9.17, 15) is 8.42 Å². The molecule has 4 nitrogen and oxygen atoms in total. The highest BCUT2D eigenvalue weighted by Gasteiger charge is 2.18. The maximum absolute atomic E-state index is 12.0. The highest BCUT2D eigenvalue weighted by molar-refractivity contribution is 7.89. The predicted molar refractivity (Wildman–Crippen MR) is 78.9 cm³/mol. The van der Waals surface area contributed by atoms with Gasteiger partial charge in [0.2, 0.25) is 0 Å². The molecule has 0 aliphatic rings. The van der Waals surface area contributed by atoms with Crippen LogP contribution in [0.2, 0.25) is 0 Å². The molecular formula is C14H16O4S2. The van der Waals surface area contributed by atoms with Gasteiger partial charge in [-0.3, -0.25) is 0 Å². The lowest BCUT2D eigenvalue weighted by atomic mass is 10.1. The van der Waals surface area contributed by atoms with Crippen LogP contribution in [0.3, 0.4) is 0 Å². The number of methoxy groups -OCH3 is 1. The second-order valence-corrected chi connectivity index (χ2v) is 7.35. The zero-order chi connectivity index (χ0) is 14.6. The third-order valence-electron chi connectivity index (χ3n) is 2.69. The summed E-state index contributed by atoms with van der Waals surface area (Å²) >= 11 is 1.20. The molecule has 0 aliphatic carbocycles. The van der Waals surface area contributed by atoms with E-state index < -0.39 is 10.1 Å². The zero-order valence-electron chi connectivity index (χ0n) is 11.3. The molecule has 2 rings (SSSR count). The Kier molecular flexibility index (Phi) is 4.80. The minimum absolute atomic E-state index is 0.221. The van der Waals surface area contributed by atoms with Crippen molar-refractivity contribution >= 4 is 21.5 Å². The summed E-state index contributed by atoms with van der Waals surface area (Å²) in [6, 6.07) is 10.3. The van der Waals surface area contributed by atoms with Crippen LogP contribution in [0, 0.1) is 6.92 Å². The van der Waals surface area contributed by atoms with Gasteiger partial charge in [0.25, 0.3) is 0 Å². The first kappa shape index (κ1) is 15.0. The second-order valence-electron chi connectivity index (χ2n) is 4.29. The van der Waals surface area contributed by atoms with E-state index in [1.807, 2.05) is 19.1 Å². The summed E-state index contributed by atoms with van der Waals surface area (Å²) in [5, 5.41) is 0. The first-order chi connectivity index (χ1) is 9.51. The Morgan fingerprint density at radius 1 is 1.10 bits per heavy atom. The van der Waals surface area contributed by atoms with Crippen molar-refractivity contribution in [2.24, 2.45) is 0 Å². The quantitative estimate of drug-likeness (QED) is 0.769. The standard InChI is InChI=1S/C14H16O4S2/c1-11-3-8-14(19-11)20(15,16)18-13-6-4-12(5-7-13)9-10-17-2/h3-8H,9-10H2,1-2H3. The maximum Gasteiger partial charge on any atom is 0.348 e. The van der Waals surface area contributed by atoms with E-state index in [2.05, 4.69) is 0 Å². The molecule has 0 atom stereocenters. The minimum Gasteiger partial charge on any atom is -0.384 e. The fourth-order valence-electron chi connectivity index (χ4n) is 1.65. The summed E-state index contributed by atoms with van der Waals surface area (Å²) in [6.07, 6.45) is 0.785. The number of hydrogen-bond donors (Lipinski definition) is 0. The van der Waals surface area contributed by atoms with Gasteiger partial charge in [0, 0.05) is 12.0 Å². The van der Waals surface area contributed by atoms with Crippen molar-refractivity contribution in [3.63, 3.8) is 0 Å². The van der Waals surface area contributed by atoms with Crippen LogP contribution in [-0.2, 0) is 21.3 Å². The molecule has 1 heterocycles. The fourth-order valence-corrected chi connectivity index (χ4v) is 3.82. The van der Waals surface area contributed by atoms with E-state index in [1.165, 1.54) is 11.3 Å². The Morgan fingerprint density at radius 2 is 1.80 bits per heavy atom. The molecule has 0 saturated heterocycles. The summed E-state index contributed by atoms with van der Waals surface area (Å²) in [5.74, 6) is 0.317. The van der Waals surface area contributed by atoms with Crippen molar-refractivity contribution in [3.05, 3.63) is 46.8 Å².